The number of hydrogen-bond acceptors (Lipinski definition) is 4. The minimum atomic E-state index is 0.517. The summed E-state index contributed by atoms with van der Waals surface area (Å²) >= 11 is 0. The molecule has 4 nitrogen and oxygen atoms in total. The average molecular weight is 358 g/mol. The number of aromatic nitrogens is 1. The maximum Gasteiger partial charge on any atom is 0.0622 e. The van der Waals surface area contributed by atoms with Crippen molar-refractivity contribution in [2.45, 2.75) is 64.6 Å². The van der Waals surface area contributed by atoms with Crippen LogP contribution in [0, 0.1) is 11.3 Å². The fourth-order valence-corrected chi connectivity index (χ4v) is 4.91. The molecule has 2 saturated heterocycles. The van der Waals surface area contributed by atoms with Crippen molar-refractivity contribution in [3.05, 3.63) is 30.1 Å². The van der Waals surface area contributed by atoms with E-state index in [0.29, 0.717) is 17.5 Å². The van der Waals surface area contributed by atoms with Crippen molar-refractivity contribution >= 4 is 0 Å². The molecule has 0 N–H and O–H groups in total. The number of rotatable bonds is 7. The van der Waals surface area contributed by atoms with Gasteiger partial charge in [0.2, 0.25) is 0 Å². The van der Waals surface area contributed by atoms with Crippen LogP contribution in [0.5, 0.6) is 0 Å². The normalized spacial score (nSPS) is 26.8. The average Bonchev–Trinajstić information content (AvgIpc) is 3.39. The van der Waals surface area contributed by atoms with Gasteiger partial charge in [0.25, 0.3) is 0 Å². The lowest BCUT2D eigenvalue weighted by Gasteiger charge is -2.39. The number of pyridine rings is 1. The van der Waals surface area contributed by atoms with E-state index in [-0.39, 0.29) is 0 Å². The van der Waals surface area contributed by atoms with E-state index in [1.165, 1.54) is 57.3 Å². The first kappa shape index (κ1) is 18.4. The maximum atomic E-state index is 6.10. The number of piperidine rings is 1. The van der Waals surface area contributed by atoms with Crippen molar-refractivity contribution in [2.24, 2.45) is 11.3 Å². The molecule has 0 aromatic carbocycles. The summed E-state index contributed by atoms with van der Waals surface area (Å²) in [5.41, 5.74) is 1.86. The van der Waals surface area contributed by atoms with Gasteiger partial charge in [0, 0.05) is 44.2 Å². The Bertz CT molecular complexity index is 564. The highest BCUT2D eigenvalue weighted by Crippen LogP contribution is 2.44. The second-order valence-electron chi connectivity index (χ2n) is 9.24. The van der Waals surface area contributed by atoms with Crippen molar-refractivity contribution in [1.82, 2.24) is 14.8 Å². The zero-order chi connectivity index (χ0) is 18.0. The van der Waals surface area contributed by atoms with E-state index in [1.54, 1.807) is 0 Å². The van der Waals surface area contributed by atoms with Crippen LogP contribution in [0.15, 0.2) is 24.5 Å². The van der Waals surface area contributed by atoms with Crippen molar-refractivity contribution in [3.63, 3.8) is 0 Å². The molecule has 0 radical (unpaired) electrons. The predicted molar refractivity (Wildman–Crippen MR) is 105 cm³/mol. The van der Waals surface area contributed by atoms with Gasteiger partial charge in [0.05, 0.1) is 6.61 Å². The molecule has 2 aliphatic heterocycles. The summed E-state index contributed by atoms with van der Waals surface area (Å²) in [5.74, 6) is 0.869. The monoisotopic (exact) mass is 357 g/mol. The molecule has 0 unspecified atom stereocenters. The Hall–Kier alpha value is -0.970. The zero-order valence-corrected chi connectivity index (χ0v) is 16.6. The molecule has 26 heavy (non-hydrogen) atoms. The van der Waals surface area contributed by atoms with Crippen LogP contribution in [-0.4, -0.2) is 59.7 Å². The zero-order valence-electron chi connectivity index (χ0n) is 16.6. The van der Waals surface area contributed by atoms with E-state index in [0.717, 1.165) is 25.7 Å². The van der Waals surface area contributed by atoms with Gasteiger partial charge in [-0.2, -0.15) is 0 Å². The maximum absolute atomic E-state index is 6.10. The van der Waals surface area contributed by atoms with Gasteiger partial charge in [0.1, 0.15) is 0 Å². The lowest BCUT2D eigenvalue weighted by molar-refractivity contribution is 0.0600. The summed E-state index contributed by atoms with van der Waals surface area (Å²) in [5, 5.41) is 0. The first-order chi connectivity index (χ1) is 12.6. The highest BCUT2D eigenvalue weighted by molar-refractivity contribution is 5.09. The third kappa shape index (κ3) is 4.47. The molecule has 4 rings (SSSR count). The number of nitrogens with zero attached hydrogens (tertiary/aromatic N) is 3. The summed E-state index contributed by atoms with van der Waals surface area (Å²) in [7, 11) is 0. The van der Waals surface area contributed by atoms with Gasteiger partial charge < -0.3 is 4.74 Å². The molecule has 3 heterocycles. The van der Waals surface area contributed by atoms with E-state index < -0.39 is 0 Å². The van der Waals surface area contributed by atoms with Gasteiger partial charge in [0.15, 0.2) is 0 Å². The third-order valence-electron chi connectivity index (χ3n) is 6.73. The molecule has 1 atom stereocenters. The van der Waals surface area contributed by atoms with Gasteiger partial charge in [-0.1, -0.05) is 6.07 Å². The van der Waals surface area contributed by atoms with E-state index in [9.17, 15) is 0 Å². The molecule has 144 valence electrons. The summed E-state index contributed by atoms with van der Waals surface area (Å²) in [4.78, 5) is 9.59. The Balaban J connectivity index is 1.30. The van der Waals surface area contributed by atoms with Gasteiger partial charge in [-0.05, 0) is 82.0 Å². The number of hydrogen-bond donors (Lipinski definition) is 0. The first-order valence-electron chi connectivity index (χ1n) is 10.6. The van der Waals surface area contributed by atoms with Gasteiger partial charge in [-0.15, -0.1) is 0 Å². The number of likely N-dealkylation sites (tertiary alicyclic amines) is 2. The van der Waals surface area contributed by atoms with Gasteiger partial charge >= 0.3 is 0 Å². The minimum absolute atomic E-state index is 0.517. The second-order valence-corrected chi connectivity index (χ2v) is 9.24. The SMILES string of the molecule is CC(C)N1CC2(CCN(Cc3cccnc3)CC2)C[C@H]1COCC1CC1. The van der Waals surface area contributed by atoms with Crippen LogP contribution < -0.4 is 0 Å². The van der Waals surface area contributed by atoms with Crippen LogP contribution in [0.4, 0.5) is 0 Å². The third-order valence-corrected chi connectivity index (χ3v) is 6.73. The highest BCUT2D eigenvalue weighted by Gasteiger charge is 2.46. The van der Waals surface area contributed by atoms with Crippen molar-refractivity contribution in [1.29, 1.82) is 0 Å². The molecular formula is C22H35N3O. The van der Waals surface area contributed by atoms with E-state index >= 15 is 0 Å². The lowest BCUT2D eigenvalue weighted by atomic mass is 9.76. The molecule has 1 aliphatic carbocycles. The fourth-order valence-electron chi connectivity index (χ4n) is 4.91. The lowest BCUT2D eigenvalue weighted by Crippen LogP contribution is -2.42. The van der Waals surface area contributed by atoms with Crippen molar-refractivity contribution in [3.8, 4) is 0 Å². The molecular weight excluding hydrogens is 322 g/mol. The number of ether oxygens (including phenoxy) is 1. The van der Waals surface area contributed by atoms with Crippen LogP contribution in [0.2, 0.25) is 0 Å². The molecule has 1 aromatic heterocycles. The summed E-state index contributed by atoms with van der Waals surface area (Å²) in [6.07, 6.45) is 10.6. The quantitative estimate of drug-likeness (QED) is 0.746. The van der Waals surface area contributed by atoms with Gasteiger partial charge in [-0.3, -0.25) is 14.8 Å². The molecule has 1 saturated carbocycles. The molecule has 3 aliphatic rings. The Morgan fingerprint density at radius 1 is 1.23 bits per heavy atom. The largest absolute Gasteiger partial charge is 0.380 e. The highest BCUT2D eigenvalue weighted by atomic mass is 16.5. The second kappa shape index (κ2) is 7.95. The van der Waals surface area contributed by atoms with Crippen LogP contribution in [0.1, 0.15) is 51.5 Å². The molecule has 1 aromatic rings. The molecule has 3 fully saturated rings. The summed E-state index contributed by atoms with van der Waals surface area (Å²) in [6.45, 7) is 11.4. The topological polar surface area (TPSA) is 28.6 Å². The standard InChI is InChI=1S/C22H35N3O/c1-18(2)25-17-22(12-21(25)16-26-15-19-5-6-19)7-10-24(11-8-22)14-20-4-3-9-23-13-20/h3-4,9,13,18-19,21H,5-8,10-12,14-17H2,1-2H3/t21-/m0/s1. The van der Waals surface area contributed by atoms with Crippen LogP contribution in [0.3, 0.4) is 0 Å². The smallest absolute Gasteiger partial charge is 0.0622 e. The van der Waals surface area contributed by atoms with Crippen molar-refractivity contribution < 1.29 is 4.74 Å². The fraction of sp³-hybridized carbons (Fsp3) is 0.773. The summed E-state index contributed by atoms with van der Waals surface area (Å²) in [6, 6.07) is 5.49. The van der Waals surface area contributed by atoms with E-state index in [1.807, 2.05) is 18.5 Å². The van der Waals surface area contributed by atoms with Crippen molar-refractivity contribution in [2.75, 3.05) is 32.8 Å². The Morgan fingerprint density at radius 2 is 2.04 bits per heavy atom. The summed E-state index contributed by atoms with van der Waals surface area (Å²) < 4.78 is 6.10. The molecule has 0 bridgehead atoms. The van der Waals surface area contributed by atoms with Crippen LogP contribution in [-0.2, 0) is 11.3 Å². The Labute approximate surface area is 158 Å². The Kier molecular flexibility index (Phi) is 5.63. The molecule has 1 spiro atoms. The molecule has 4 heteroatoms. The van der Waals surface area contributed by atoms with E-state index in [2.05, 4.69) is 34.7 Å². The first-order valence-corrected chi connectivity index (χ1v) is 10.6. The minimum Gasteiger partial charge on any atom is -0.380 e. The Morgan fingerprint density at radius 3 is 2.69 bits per heavy atom. The van der Waals surface area contributed by atoms with Crippen LogP contribution in [0.25, 0.3) is 0 Å². The van der Waals surface area contributed by atoms with Gasteiger partial charge in [-0.25, -0.2) is 0 Å². The van der Waals surface area contributed by atoms with E-state index in [4.69, 9.17) is 4.74 Å². The predicted octanol–water partition coefficient (Wildman–Crippen LogP) is 3.57. The van der Waals surface area contributed by atoms with Crippen LogP contribution >= 0.6 is 0 Å². The molecule has 0 amide bonds.